The molecule has 0 saturated heterocycles. The predicted octanol–water partition coefficient (Wildman–Crippen LogP) is 2.69. The smallest absolute Gasteiger partial charge is 0.115 e. The molecule has 3 heteroatoms. The second-order valence-electron chi connectivity index (χ2n) is 3.38. The Labute approximate surface area is 83.3 Å². The highest BCUT2D eigenvalue weighted by Crippen LogP contribution is 2.26. The first-order valence-electron chi connectivity index (χ1n) is 4.56. The average Bonchev–Trinajstić information content (AvgIpc) is 2.21. The van der Waals surface area contributed by atoms with E-state index in [-0.39, 0.29) is 17.8 Å². The minimum Gasteiger partial charge on any atom is -0.508 e. The van der Waals surface area contributed by atoms with Crippen LogP contribution in [0.25, 0.3) is 0 Å². The van der Waals surface area contributed by atoms with Crippen molar-refractivity contribution in [3.05, 3.63) is 29.8 Å². The summed E-state index contributed by atoms with van der Waals surface area (Å²) in [4.78, 5) is 0. The number of alkyl halides is 1. The summed E-state index contributed by atoms with van der Waals surface area (Å²) in [6.45, 7) is 1.38. The fourth-order valence-electron chi connectivity index (χ4n) is 1.44. The summed E-state index contributed by atoms with van der Waals surface area (Å²) in [7, 11) is 1.56. The number of methoxy groups -OCH3 is 1. The number of aromatic hydroxyl groups is 1. The maximum Gasteiger partial charge on any atom is 0.115 e. The molecular weight excluding hydrogens is 183 g/mol. The van der Waals surface area contributed by atoms with Crippen LogP contribution in [-0.4, -0.2) is 18.9 Å². The Kier molecular flexibility index (Phi) is 3.89. The van der Waals surface area contributed by atoms with E-state index in [4.69, 9.17) is 9.84 Å². The summed E-state index contributed by atoms with van der Waals surface area (Å²) in [5.41, 5.74) is 0.885. The molecule has 1 aromatic rings. The number of hydrogen-bond donors (Lipinski definition) is 1. The lowest BCUT2D eigenvalue weighted by atomic mass is 9.98. The van der Waals surface area contributed by atoms with Crippen LogP contribution in [0, 0.1) is 5.92 Å². The van der Waals surface area contributed by atoms with Crippen LogP contribution in [0.1, 0.15) is 18.6 Å². The molecule has 0 radical (unpaired) electrons. The fourth-order valence-corrected chi connectivity index (χ4v) is 1.44. The van der Waals surface area contributed by atoms with Gasteiger partial charge in [-0.3, -0.25) is 4.39 Å². The molecule has 1 N–H and O–H groups in total. The minimum atomic E-state index is -0.417. The van der Waals surface area contributed by atoms with Crippen molar-refractivity contribution in [2.45, 2.75) is 13.0 Å². The van der Waals surface area contributed by atoms with Gasteiger partial charge in [0.1, 0.15) is 5.75 Å². The number of phenols is 1. The Bertz CT molecular complexity index is 271. The lowest BCUT2D eigenvalue weighted by Crippen LogP contribution is -2.13. The molecule has 0 aliphatic carbocycles. The summed E-state index contributed by atoms with van der Waals surface area (Å²) in [5, 5.41) is 9.09. The summed E-state index contributed by atoms with van der Waals surface area (Å²) < 4.78 is 17.7. The first-order valence-corrected chi connectivity index (χ1v) is 4.56. The standard InChI is InChI=1S/C11H15FO2/c1-8(7-12)11(14-2)9-3-5-10(13)6-4-9/h3-6,8,11,13H,7H2,1-2H3/t8-,11+/m1/s1. The number of rotatable bonds is 4. The quantitative estimate of drug-likeness (QED) is 0.806. The van der Waals surface area contributed by atoms with Crippen LogP contribution in [0.2, 0.25) is 0 Å². The van der Waals surface area contributed by atoms with Crippen LogP contribution >= 0.6 is 0 Å². The van der Waals surface area contributed by atoms with Gasteiger partial charge in [0.25, 0.3) is 0 Å². The highest BCUT2D eigenvalue weighted by Gasteiger charge is 2.18. The monoisotopic (exact) mass is 198 g/mol. The van der Waals surface area contributed by atoms with Crippen LogP contribution in [0.15, 0.2) is 24.3 Å². The zero-order valence-corrected chi connectivity index (χ0v) is 8.40. The van der Waals surface area contributed by atoms with Gasteiger partial charge in [0.2, 0.25) is 0 Å². The molecule has 2 atom stereocenters. The second kappa shape index (κ2) is 4.96. The Morgan fingerprint density at radius 1 is 1.36 bits per heavy atom. The van der Waals surface area contributed by atoms with Crippen LogP contribution in [-0.2, 0) is 4.74 Å². The first-order chi connectivity index (χ1) is 6.69. The van der Waals surface area contributed by atoms with E-state index in [0.29, 0.717) is 0 Å². The fraction of sp³-hybridized carbons (Fsp3) is 0.455. The van der Waals surface area contributed by atoms with E-state index in [1.54, 1.807) is 38.3 Å². The topological polar surface area (TPSA) is 29.5 Å². The van der Waals surface area contributed by atoms with Crippen LogP contribution in [0.4, 0.5) is 4.39 Å². The van der Waals surface area contributed by atoms with Gasteiger partial charge in [-0.15, -0.1) is 0 Å². The minimum absolute atomic E-state index is 0.176. The van der Waals surface area contributed by atoms with Crippen LogP contribution in [0.5, 0.6) is 5.75 Å². The van der Waals surface area contributed by atoms with Crippen molar-refractivity contribution in [3.63, 3.8) is 0 Å². The molecule has 2 nitrogen and oxygen atoms in total. The predicted molar refractivity (Wildman–Crippen MR) is 53.0 cm³/mol. The normalized spacial score (nSPS) is 15.1. The highest BCUT2D eigenvalue weighted by atomic mass is 19.1. The molecule has 0 aliphatic heterocycles. The maximum atomic E-state index is 12.5. The zero-order valence-electron chi connectivity index (χ0n) is 8.40. The third-order valence-electron chi connectivity index (χ3n) is 2.24. The molecule has 0 heterocycles. The largest absolute Gasteiger partial charge is 0.508 e. The van der Waals surface area contributed by atoms with Gasteiger partial charge in [0, 0.05) is 13.0 Å². The maximum absolute atomic E-state index is 12.5. The van der Waals surface area contributed by atoms with Gasteiger partial charge in [-0.25, -0.2) is 0 Å². The Morgan fingerprint density at radius 3 is 2.36 bits per heavy atom. The lowest BCUT2D eigenvalue weighted by Gasteiger charge is -2.20. The van der Waals surface area contributed by atoms with E-state index in [9.17, 15) is 4.39 Å². The molecule has 0 unspecified atom stereocenters. The van der Waals surface area contributed by atoms with Gasteiger partial charge in [-0.1, -0.05) is 19.1 Å². The van der Waals surface area contributed by atoms with Gasteiger partial charge in [0.05, 0.1) is 12.8 Å². The van der Waals surface area contributed by atoms with Crippen molar-refractivity contribution < 1.29 is 14.2 Å². The average molecular weight is 198 g/mol. The number of benzene rings is 1. The first kappa shape index (κ1) is 11.0. The van der Waals surface area contributed by atoms with Crippen LogP contribution < -0.4 is 0 Å². The molecular formula is C11H15FO2. The lowest BCUT2D eigenvalue weighted by molar-refractivity contribution is 0.0479. The van der Waals surface area contributed by atoms with Crippen molar-refractivity contribution >= 4 is 0 Å². The Hall–Kier alpha value is -1.09. The van der Waals surface area contributed by atoms with E-state index in [1.807, 2.05) is 0 Å². The zero-order chi connectivity index (χ0) is 10.6. The van der Waals surface area contributed by atoms with E-state index in [2.05, 4.69) is 0 Å². The summed E-state index contributed by atoms with van der Waals surface area (Å²) >= 11 is 0. The molecule has 0 bridgehead atoms. The highest BCUT2D eigenvalue weighted by molar-refractivity contribution is 5.27. The number of halogens is 1. The van der Waals surface area contributed by atoms with Gasteiger partial charge in [0.15, 0.2) is 0 Å². The van der Waals surface area contributed by atoms with Crippen molar-refractivity contribution in [2.75, 3.05) is 13.8 Å². The molecule has 14 heavy (non-hydrogen) atoms. The summed E-state index contributed by atoms with van der Waals surface area (Å²) in [5.74, 6) is 0.0287. The van der Waals surface area contributed by atoms with Gasteiger partial charge >= 0.3 is 0 Å². The third-order valence-corrected chi connectivity index (χ3v) is 2.24. The van der Waals surface area contributed by atoms with E-state index in [0.717, 1.165) is 5.56 Å². The molecule has 0 aromatic heterocycles. The van der Waals surface area contributed by atoms with Crippen molar-refractivity contribution in [2.24, 2.45) is 5.92 Å². The van der Waals surface area contributed by atoms with Gasteiger partial charge < -0.3 is 9.84 Å². The Balaban J connectivity index is 2.84. The number of phenolic OH excluding ortho intramolecular Hbond substituents is 1. The molecule has 1 rings (SSSR count). The molecule has 0 saturated carbocycles. The number of ether oxygens (including phenoxy) is 1. The molecule has 0 amide bonds. The van der Waals surface area contributed by atoms with Crippen molar-refractivity contribution in [1.82, 2.24) is 0 Å². The summed E-state index contributed by atoms with van der Waals surface area (Å²) in [6.07, 6.45) is -0.249. The molecule has 0 fully saturated rings. The SMILES string of the molecule is CO[C@H](c1ccc(O)cc1)[C@H](C)CF. The van der Waals surface area contributed by atoms with Crippen molar-refractivity contribution in [1.29, 1.82) is 0 Å². The van der Waals surface area contributed by atoms with E-state index in [1.165, 1.54) is 0 Å². The van der Waals surface area contributed by atoms with Crippen LogP contribution in [0.3, 0.4) is 0 Å². The third kappa shape index (κ3) is 2.45. The van der Waals surface area contributed by atoms with Crippen molar-refractivity contribution in [3.8, 4) is 5.75 Å². The molecule has 78 valence electrons. The van der Waals surface area contributed by atoms with E-state index >= 15 is 0 Å². The van der Waals surface area contributed by atoms with Gasteiger partial charge in [-0.2, -0.15) is 0 Å². The van der Waals surface area contributed by atoms with E-state index < -0.39 is 6.67 Å². The number of hydrogen-bond acceptors (Lipinski definition) is 2. The molecule has 1 aromatic carbocycles. The Morgan fingerprint density at radius 2 is 1.93 bits per heavy atom. The second-order valence-corrected chi connectivity index (χ2v) is 3.38. The summed E-state index contributed by atoms with van der Waals surface area (Å²) in [6, 6.07) is 6.64. The van der Waals surface area contributed by atoms with Gasteiger partial charge in [-0.05, 0) is 17.7 Å². The molecule has 0 spiro atoms. The molecule has 0 aliphatic rings.